The van der Waals surface area contributed by atoms with Crippen LogP contribution in [-0.4, -0.2) is 0 Å². The molecule has 2 rings (SSSR count). The van der Waals surface area contributed by atoms with Crippen LogP contribution in [0.2, 0.25) is 0 Å². The monoisotopic (exact) mass is 295 g/mol. The van der Waals surface area contributed by atoms with E-state index in [1.807, 2.05) is 0 Å². The van der Waals surface area contributed by atoms with Crippen molar-refractivity contribution >= 4 is 15.9 Å². The largest absolute Gasteiger partial charge is 0.324 e. The first-order chi connectivity index (χ1) is 8.18. The van der Waals surface area contributed by atoms with Gasteiger partial charge >= 0.3 is 0 Å². The standard InChI is InChI=1S/C15H22BrN/c1-11-8-9-13(10-14(11)16)15(17)12-6-4-2-3-5-7-12/h8-10,12,15H,2-7,17H2,1H3. The Morgan fingerprint density at radius 1 is 1.18 bits per heavy atom. The second kappa shape index (κ2) is 6.01. The Balaban J connectivity index is 2.11. The van der Waals surface area contributed by atoms with Crippen molar-refractivity contribution in [2.75, 3.05) is 0 Å². The lowest BCUT2D eigenvalue weighted by molar-refractivity contribution is 0.382. The van der Waals surface area contributed by atoms with E-state index in [1.165, 1.54) is 54.1 Å². The van der Waals surface area contributed by atoms with E-state index in [0.29, 0.717) is 5.92 Å². The fraction of sp³-hybridized carbons (Fsp3) is 0.600. The van der Waals surface area contributed by atoms with Gasteiger partial charge in [0.25, 0.3) is 0 Å². The summed E-state index contributed by atoms with van der Waals surface area (Å²) >= 11 is 3.60. The molecule has 1 saturated carbocycles. The van der Waals surface area contributed by atoms with Crippen molar-refractivity contribution in [2.24, 2.45) is 11.7 Å². The molecule has 1 aliphatic rings. The molecule has 0 bridgehead atoms. The number of rotatable bonds is 2. The Hall–Kier alpha value is -0.340. The van der Waals surface area contributed by atoms with Crippen LogP contribution in [0.15, 0.2) is 22.7 Å². The number of hydrogen-bond acceptors (Lipinski definition) is 1. The molecule has 1 aliphatic carbocycles. The topological polar surface area (TPSA) is 26.0 Å². The van der Waals surface area contributed by atoms with Crippen LogP contribution in [0.25, 0.3) is 0 Å². The van der Waals surface area contributed by atoms with Crippen LogP contribution >= 0.6 is 15.9 Å². The van der Waals surface area contributed by atoms with Gasteiger partial charge in [0, 0.05) is 10.5 Å². The zero-order valence-corrected chi connectivity index (χ0v) is 12.2. The number of hydrogen-bond donors (Lipinski definition) is 1. The third-order valence-corrected chi connectivity index (χ3v) is 4.84. The smallest absolute Gasteiger partial charge is 0.0323 e. The molecule has 1 atom stereocenters. The highest BCUT2D eigenvalue weighted by atomic mass is 79.9. The van der Waals surface area contributed by atoms with Gasteiger partial charge in [-0.05, 0) is 42.9 Å². The first kappa shape index (κ1) is 13.1. The van der Waals surface area contributed by atoms with Crippen molar-refractivity contribution < 1.29 is 0 Å². The van der Waals surface area contributed by atoms with Gasteiger partial charge in [-0.15, -0.1) is 0 Å². The number of nitrogens with two attached hydrogens (primary N) is 1. The predicted octanol–water partition coefficient (Wildman–Crippen LogP) is 4.73. The van der Waals surface area contributed by atoms with Crippen molar-refractivity contribution in [3.05, 3.63) is 33.8 Å². The second-order valence-electron chi connectivity index (χ2n) is 5.29. The Labute approximate surface area is 113 Å². The minimum absolute atomic E-state index is 0.213. The van der Waals surface area contributed by atoms with Crippen LogP contribution in [0.5, 0.6) is 0 Å². The summed E-state index contributed by atoms with van der Waals surface area (Å²) in [6, 6.07) is 6.77. The third-order valence-electron chi connectivity index (χ3n) is 3.99. The number of halogens is 1. The maximum Gasteiger partial charge on any atom is 0.0323 e. The average Bonchev–Trinajstić information content (AvgIpc) is 2.60. The molecule has 0 radical (unpaired) electrons. The van der Waals surface area contributed by atoms with Crippen molar-refractivity contribution in [2.45, 2.75) is 51.5 Å². The van der Waals surface area contributed by atoms with E-state index >= 15 is 0 Å². The van der Waals surface area contributed by atoms with Gasteiger partial charge in [0.05, 0.1) is 0 Å². The first-order valence-electron chi connectivity index (χ1n) is 6.70. The van der Waals surface area contributed by atoms with Gasteiger partial charge in [-0.2, -0.15) is 0 Å². The fourth-order valence-corrected chi connectivity index (χ4v) is 3.16. The summed E-state index contributed by atoms with van der Waals surface area (Å²) in [7, 11) is 0. The fourth-order valence-electron chi connectivity index (χ4n) is 2.76. The van der Waals surface area contributed by atoms with Crippen LogP contribution in [-0.2, 0) is 0 Å². The van der Waals surface area contributed by atoms with E-state index in [0.717, 1.165) is 0 Å². The Bertz CT molecular complexity index is 367. The molecule has 0 amide bonds. The molecule has 1 nitrogen and oxygen atoms in total. The van der Waals surface area contributed by atoms with Crippen molar-refractivity contribution in [3.8, 4) is 0 Å². The van der Waals surface area contributed by atoms with Crippen molar-refractivity contribution in [1.29, 1.82) is 0 Å². The molecule has 94 valence electrons. The third kappa shape index (κ3) is 3.32. The Morgan fingerprint density at radius 3 is 2.41 bits per heavy atom. The lowest BCUT2D eigenvalue weighted by atomic mass is 9.87. The molecule has 0 heterocycles. The minimum Gasteiger partial charge on any atom is -0.324 e. The summed E-state index contributed by atoms with van der Waals surface area (Å²) in [5.74, 6) is 0.673. The molecule has 1 aromatic carbocycles. The molecule has 1 aromatic rings. The van der Waals surface area contributed by atoms with Crippen LogP contribution in [0.1, 0.15) is 55.7 Å². The summed E-state index contributed by atoms with van der Waals surface area (Å²) < 4.78 is 1.18. The van der Waals surface area contributed by atoms with Gasteiger partial charge < -0.3 is 5.73 Å². The van der Waals surface area contributed by atoms with E-state index in [2.05, 4.69) is 41.1 Å². The molecule has 0 spiro atoms. The molecule has 2 N–H and O–H groups in total. The molecule has 1 unspecified atom stereocenters. The minimum atomic E-state index is 0.213. The van der Waals surface area contributed by atoms with E-state index in [-0.39, 0.29) is 6.04 Å². The Morgan fingerprint density at radius 2 is 1.82 bits per heavy atom. The van der Waals surface area contributed by atoms with Gasteiger partial charge in [-0.1, -0.05) is 53.7 Å². The highest BCUT2D eigenvalue weighted by Crippen LogP contribution is 2.33. The van der Waals surface area contributed by atoms with Gasteiger partial charge in [0.15, 0.2) is 0 Å². The Kier molecular flexibility index (Phi) is 4.63. The van der Waals surface area contributed by atoms with Crippen molar-refractivity contribution in [1.82, 2.24) is 0 Å². The quantitative estimate of drug-likeness (QED) is 0.785. The maximum atomic E-state index is 6.44. The normalized spacial score (nSPS) is 19.9. The lowest BCUT2D eigenvalue weighted by Crippen LogP contribution is -2.21. The molecular formula is C15H22BrN. The van der Waals surface area contributed by atoms with Crippen molar-refractivity contribution in [3.63, 3.8) is 0 Å². The zero-order valence-electron chi connectivity index (χ0n) is 10.6. The highest BCUT2D eigenvalue weighted by Gasteiger charge is 2.21. The van der Waals surface area contributed by atoms with Gasteiger partial charge in [-0.3, -0.25) is 0 Å². The molecule has 17 heavy (non-hydrogen) atoms. The SMILES string of the molecule is Cc1ccc(C(N)C2CCCCCC2)cc1Br. The van der Waals surface area contributed by atoms with Crippen LogP contribution in [0.4, 0.5) is 0 Å². The molecule has 0 aliphatic heterocycles. The summed E-state index contributed by atoms with van der Waals surface area (Å²) in [6.07, 6.45) is 8.08. The zero-order chi connectivity index (χ0) is 12.3. The highest BCUT2D eigenvalue weighted by molar-refractivity contribution is 9.10. The van der Waals surface area contributed by atoms with E-state index in [9.17, 15) is 0 Å². The van der Waals surface area contributed by atoms with Crippen LogP contribution < -0.4 is 5.73 Å². The van der Waals surface area contributed by atoms with E-state index < -0.39 is 0 Å². The summed E-state index contributed by atoms with van der Waals surface area (Å²) in [4.78, 5) is 0. The number of aryl methyl sites for hydroxylation is 1. The summed E-state index contributed by atoms with van der Waals surface area (Å²) in [5, 5.41) is 0. The second-order valence-corrected chi connectivity index (χ2v) is 6.14. The van der Waals surface area contributed by atoms with Gasteiger partial charge in [0.1, 0.15) is 0 Å². The predicted molar refractivity (Wildman–Crippen MR) is 77.0 cm³/mol. The molecule has 0 saturated heterocycles. The lowest BCUT2D eigenvalue weighted by Gasteiger charge is -2.23. The van der Waals surface area contributed by atoms with Crippen LogP contribution in [0.3, 0.4) is 0 Å². The first-order valence-corrected chi connectivity index (χ1v) is 7.49. The number of benzene rings is 1. The average molecular weight is 296 g/mol. The molecule has 1 fully saturated rings. The molecule has 0 aromatic heterocycles. The summed E-state index contributed by atoms with van der Waals surface area (Å²) in [5.41, 5.74) is 9.00. The molecule has 2 heteroatoms. The maximum absolute atomic E-state index is 6.44. The van der Waals surface area contributed by atoms with E-state index in [4.69, 9.17) is 5.73 Å². The van der Waals surface area contributed by atoms with Gasteiger partial charge in [0.2, 0.25) is 0 Å². The van der Waals surface area contributed by atoms with E-state index in [1.54, 1.807) is 0 Å². The summed E-state index contributed by atoms with van der Waals surface area (Å²) in [6.45, 7) is 2.12. The molecular weight excluding hydrogens is 274 g/mol. The van der Waals surface area contributed by atoms with Gasteiger partial charge in [-0.25, -0.2) is 0 Å². The van der Waals surface area contributed by atoms with Crippen LogP contribution in [0, 0.1) is 12.8 Å².